The maximum atomic E-state index is 13.4. The van der Waals surface area contributed by atoms with Crippen LogP contribution in [-0.4, -0.2) is 68.4 Å². The first-order chi connectivity index (χ1) is 15.1. The fourth-order valence-electron chi connectivity index (χ4n) is 4.33. The summed E-state index contributed by atoms with van der Waals surface area (Å²) < 4.78 is 57.9. The van der Waals surface area contributed by atoms with Gasteiger partial charge in [0.15, 0.2) is 0 Å². The van der Waals surface area contributed by atoms with Gasteiger partial charge in [-0.15, -0.1) is 0 Å². The molecule has 1 aliphatic heterocycles. The molecule has 0 radical (unpaired) electrons. The number of amides is 1. The average molecular weight is 474 g/mol. The highest BCUT2D eigenvalue weighted by molar-refractivity contribution is 7.89. The van der Waals surface area contributed by atoms with Crippen molar-refractivity contribution >= 4 is 15.9 Å². The average Bonchev–Trinajstić information content (AvgIpc) is 3.56. The number of alkyl halides is 2. The van der Waals surface area contributed by atoms with Gasteiger partial charge < -0.3 is 15.0 Å². The Bertz CT molecular complexity index is 885. The topological polar surface area (TPSA) is 79.0 Å². The lowest BCUT2D eigenvalue weighted by Crippen LogP contribution is -2.53. The molecule has 7 nitrogen and oxygen atoms in total. The van der Waals surface area contributed by atoms with Crippen LogP contribution in [0.15, 0.2) is 29.2 Å². The number of carbonyl (C=O) groups is 1. The van der Waals surface area contributed by atoms with Crippen LogP contribution in [0.25, 0.3) is 0 Å². The number of hydrogen-bond donors (Lipinski definition) is 1. The number of nitrogens with one attached hydrogen (secondary N) is 1. The smallest absolute Gasteiger partial charge is 0.387 e. The summed E-state index contributed by atoms with van der Waals surface area (Å²) in [5, 5.41) is 3.09. The second kappa shape index (κ2) is 10.4. The summed E-state index contributed by atoms with van der Waals surface area (Å²) in [5.41, 5.74) is 0. The van der Waals surface area contributed by atoms with Crippen LogP contribution in [0, 0.1) is 5.92 Å². The van der Waals surface area contributed by atoms with E-state index in [1.54, 1.807) is 11.4 Å². The third-order valence-corrected chi connectivity index (χ3v) is 8.00. The summed E-state index contributed by atoms with van der Waals surface area (Å²) in [7, 11) is -2.10. The molecule has 1 aromatic carbocycles. The molecule has 0 aromatic heterocycles. The van der Waals surface area contributed by atoms with E-state index < -0.39 is 16.6 Å². The van der Waals surface area contributed by atoms with E-state index >= 15 is 0 Å². The minimum atomic E-state index is -3.88. The first kappa shape index (κ1) is 24.9. The molecule has 32 heavy (non-hydrogen) atoms. The fourth-order valence-corrected chi connectivity index (χ4v) is 6.29. The number of hydrogen-bond acceptors (Lipinski definition) is 5. The summed E-state index contributed by atoms with van der Waals surface area (Å²) in [5.74, 6) is 0.257. The number of likely N-dealkylation sites (N-methyl/N-ethyl adjacent to an activating group) is 1. The fraction of sp³-hybridized carbons (Fsp3) is 0.682. The van der Waals surface area contributed by atoms with Gasteiger partial charge >= 0.3 is 6.61 Å². The molecule has 2 aliphatic rings. The standard InChI is InChI=1S/C22H33F2N3O4S/c1-15(2)13-20(25-3)21(28)26-11-9-17(10-12-26)27(16-7-8-16)32(29,30)19-6-4-5-18(14-19)31-22(23)24/h4-6,14-17,20,22,25H,7-13H2,1-3H3. The quantitative estimate of drug-likeness (QED) is 0.565. The third kappa shape index (κ3) is 5.96. The maximum absolute atomic E-state index is 13.4. The molecule has 0 bridgehead atoms. The summed E-state index contributed by atoms with van der Waals surface area (Å²) in [6, 6.07) is 4.72. The summed E-state index contributed by atoms with van der Waals surface area (Å²) >= 11 is 0. The largest absolute Gasteiger partial charge is 0.435 e. The molecule has 1 atom stereocenters. The van der Waals surface area contributed by atoms with Crippen LogP contribution in [0.3, 0.4) is 0 Å². The number of rotatable bonds is 10. The lowest BCUT2D eigenvalue weighted by atomic mass is 10.00. The Kier molecular flexibility index (Phi) is 8.11. The molecule has 1 unspecified atom stereocenters. The lowest BCUT2D eigenvalue weighted by molar-refractivity contribution is -0.135. The normalized spacial score (nSPS) is 19.1. The van der Waals surface area contributed by atoms with Crippen LogP contribution in [0.4, 0.5) is 8.78 Å². The Morgan fingerprint density at radius 1 is 1.19 bits per heavy atom. The molecule has 10 heteroatoms. The van der Waals surface area contributed by atoms with Gasteiger partial charge in [-0.05, 0) is 57.2 Å². The Morgan fingerprint density at radius 3 is 2.34 bits per heavy atom. The van der Waals surface area contributed by atoms with Crippen molar-refractivity contribution in [2.75, 3.05) is 20.1 Å². The van der Waals surface area contributed by atoms with Crippen LogP contribution in [0.2, 0.25) is 0 Å². The van der Waals surface area contributed by atoms with Crippen LogP contribution in [0.1, 0.15) is 46.0 Å². The number of likely N-dealkylation sites (tertiary alicyclic amines) is 1. The van der Waals surface area contributed by atoms with Crippen molar-refractivity contribution in [3.8, 4) is 5.75 Å². The molecular weight excluding hydrogens is 440 g/mol. The molecule has 1 aliphatic carbocycles. The van der Waals surface area contributed by atoms with Gasteiger partial charge in [0.25, 0.3) is 0 Å². The molecule has 1 N–H and O–H groups in total. The third-order valence-electron chi connectivity index (χ3n) is 6.00. The van der Waals surface area contributed by atoms with E-state index in [0.29, 0.717) is 31.8 Å². The lowest BCUT2D eigenvalue weighted by Gasteiger charge is -2.39. The van der Waals surface area contributed by atoms with Gasteiger partial charge in [-0.1, -0.05) is 19.9 Å². The molecule has 1 saturated heterocycles. The van der Waals surface area contributed by atoms with E-state index in [0.717, 1.165) is 25.3 Å². The van der Waals surface area contributed by atoms with Crippen molar-refractivity contribution < 1.29 is 26.7 Å². The van der Waals surface area contributed by atoms with Gasteiger partial charge in [0.05, 0.1) is 10.9 Å². The number of carbonyl (C=O) groups excluding carboxylic acids is 1. The van der Waals surface area contributed by atoms with Crippen LogP contribution < -0.4 is 10.1 Å². The van der Waals surface area contributed by atoms with Crippen molar-refractivity contribution in [2.45, 2.75) is 75.6 Å². The van der Waals surface area contributed by atoms with Crippen LogP contribution in [-0.2, 0) is 14.8 Å². The molecule has 1 aromatic rings. The van der Waals surface area contributed by atoms with E-state index in [-0.39, 0.29) is 34.7 Å². The second-order valence-electron chi connectivity index (χ2n) is 8.95. The zero-order chi connectivity index (χ0) is 23.5. The van der Waals surface area contributed by atoms with Crippen LogP contribution in [0.5, 0.6) is 5.75 Å². The van der Waals surface area contributed by atoms with Crippen molar-refractivity contribution in [1.29, 1.82) is 0 Å². The summed E-state index contributed by atoms with van der Waals surface area (Å²) in [4.78, 5) is 14.7. The van der Waals surface area contributed by atoms with Crippen molar-refractivity contribution in [3.63, 3.8) is 0 Å². The molecule has 1 amide bonds. The molecule has 3 rings (SSSR count). The van der Waals surface area contributed by atoms with Gasteiger partial charge in [0.1, 0.15) is 5.75 Å². The van der Waals surface area contributed by atoms with Crippen molar-refractivity contribution in [1.82, 2.24) is 14.5 Å². The Morgan fingerprint density at radius 2 is 1.81 bits per heavy atom. The highest BCUT2D eigenvalue weighted by Crippen LogP contribution is 2.37. The zero-order valence-electron chi connectivity index (χ0n) is 18.8. The number of benzene rings is 1. The molecule has 0 spiro atoms. The molecule has 2 fully saturated rings. The van der Waals surface area contributed by atoms with Crippen molar-refractivity contribution in [3.05, 3.63) is 24.3 Å². The number of sulfonamides is 1. The predicted octanol–water partition coefficient (Wildman–Crippen LogP) is 3.07. The minimum absolute atomic E-state index is 0.0479. The predicted molar refractivity (Wildman–Crippen MR) is 117 cm³/mol. The van der Waals surface area contributed by atoms with Crippen LogP contribution >= 0.6 is 0 Å². The Balaban J connectivity index is 1.72. The highest BCUT2D eigenvalue weighted by atomic mass is 32.2. The molecular formula is C22H33F2N3O4S. The minimum Gasteiger partial charge on any atom is -0.435 e. The zero-order valence-corrected chi connectivity index (χ0v) is 19.7. The van der Waals surface area contributed by atoms with Gasteiger partial charge in [-0.3, -0.25) is 4.79 Å². The number of halogens is 2. The SMILES string of the molecule is CNC(CC(C)C)C(=O)N1CCC(N(C2CC2)S(=O)(=O)c2cccc(OC(F)F)c2)CC1. The second-order valence-corrected chi connectivity index (χ2v) is 10.8. The highest BCUT2D eigenvalue weighted by Gasteiger charge is 2.44. The van der Waals surface area contributed by atoms with E-state index in [1.165, 1.54) is 18.2 Å². The van der Waals surface area contributed by atoms with Gasteiger partial charge in [-0.25, -0.2) is 8.42 Å². The first-order valence-electron chi connectivity index (χ1n) is 11.2. The summed E-state index contributed by atoms with van der Waals surface area (Å²) in [6.07, 6.45) is 3.40. The van der Waals surface area contributed by atoms with E-state index in [4.69, 9.17) is 0 Å². The number of ether oxygens (including phenoxy) is 1. The van der Waals surface area contributed by atoms with Gasteiger partial charge in [0, 0.05) is 31.2 Å². The molecule has 1 saturated carbocycles. The maximum Gasteiger partial charge on any atom is 0.387 e. The monoisotopic (exact) mass is 473 g/mol. The Labute approximate surface area is 189 Å². The van der Waals surface area contributed by atoms with Gasteiger partial charge in [0.2, 0.25) is 15.9 Å². The summed E-state index contributed by atoms with van der Waals surface area (Å²) in [6.45, 7) is 2.11. The number of nitrogens with zero attached hydrogens (tertiary/aromatic N) is 2. The van der Waals surface area contributed by atoms with Gasteiger partial charge in [-0.2, -0.15) is 13.1 Å². The molecule has 180 valence electrons. The Hall–Kier alpha value is -1.78. The first-order valence-corrected chi connectivity index (χ1v) is 12.6. The number of piperidine rings is 1. The van der Waals surface area contributed by atoms with Crippen molar-refractivity contribution in [2.24, 2.45) is 5.92 Å². The van der Waals surface area contributed by atoms with E-state index in [2.05, 4.69) is 23.9 Å². The molecule has 1 heterocycles. The van der Waals surface area contributed by atoms with E-state index in [1.807, 2.05) is 4.90 Å². The van der Waals surface area contributed by atoms with E-state index in [9.17, 15) is 22.0 Å².